The molecule has 0 aromatic heterocycles. The summed E-state index contributed by atoms with van der Waals surface area (Å²) in [6.07, 6.45) is 6.27. The number of ether oxygens (including phenoxy) is 2. The minimum atomic E-state index is 0.0715. The van der Waals surface area contributed by atoms with Crippen molar-refractivity contribution in [3.05, 3.63) is 23.8 Å². The van der Waals surface area contributed by atoms with E-state index in [-0.39, 0.29) is 11.5 Å². The van der Waals surface area contributed by atoms with Crippen molar-refractivity contribution < 1.29 is 9.47 Å². The van der Waals surface area contributed by atoms with Crippen LogP contribution < -0.4 is 15.2 Å². The van der Waals surface area contributed by atoms with Gasteiger partial charge in [-0.2, -0.15) is 0 Å². The van der Waals surface area contributed by atoms with Gasteiger partial charge in [0.2, 0.25) is 0 Å². The van der Waals surface area contributed by atoms with Crippen LogP contribution in [0.2, 0.25) is 0 Å². The molecule has 0 aliphatic heterocycles. The second-order valence-electron chi connectivity index (χ2n) is 6.76. The van der Waals surface area contributed by atoms with E-state index in [1.165, 1.54) is 32.1 Å². The highest BCUT2D eigenvalue weighted by Gasteiger charge is 2.40. The third kappa shape index (κ3) is 3.34. The average molecular weight is 291 g/mol. The molecule has 118 valence electrons. The predicted octanol–water partition coefficient (Wildman–Crippen LogP) is 4.31. The summed E-state index contributed by atoms with van der Waals surface area (Å²) in [5.74, 6) is 2.20. The summed E-state index contributed by atoms with van der Waals surface area (Å²) in [6, 6.07) is 6.17. The molecule has 1 fully saturated rings. The van der Waals surface area contributed by atoms with Gasteiger partial charge in [-0.05, 0) is 48.3 Å². The van der Waals surface area contributed by atoms with Crippen molar-refractivity contribution in [3.63, 3.8) is 0 Å². The number of hydrogen-bond acceptors (Lipinski definition) is 3. The fraction of sp³-hybridized carbons (Fsp3) is 0.667. The second-order valence-corrected chi connectivity index (χ2v) is 6.76. The third-order valence-electron chi connectivity index (χ3n) is 4.84. The van der Waals surface area contributed by atoms with Gasteiger partial charge < -0.3 is 15.2 Å². The molecule has 0 bridgehead atoms. The van der Waals surface area contributed by atoms with E-state index in [0.717, 1.165) is 17.1 Å². The van der Waals surface area contributed by atoms with Gasteiger partial charge in [-0.25, -0.2) is 0 Å². The van der Waals surface area contributed by atoms with Gasteiger partial charge >= 0.3 is 0 Å². The van der Waals surface area contributed by atoms with E-state index in [9.17, 15) is 0 Å². The van der Waals surface area contributed by atoms with Crippen molar-refractivity contribution in [1.82, 2.24) is 0 Å². The van der Waals surface area contributed by atoms with Crippen LogP contribution in [0.5, 0.6) is 11.5 Å². The molecule has 1 aliphatic rings. The zero-order chi connectivity index (χ0) is 15.5. The molecular weight excluding hydrogens is 262 g/mol. The Morgan fingerprint density at radius 3 is 2.24 bits per heavy atom. The van der Waals surface area contributed by atoms with Crippen LogP contribution in [0, 0.1) is 11.3 Å². The zero-order valence-corrected chi connectivity index (χ0v) is 13.8. The third-order valence-corrected chi connectivity index (χ3v) is 4.84. The number of benzene rings is 1. The highest BCUT2D eigenvalue weighted by molar-refractivity contribution is 5.44. The molecule has 21 heavy (non-hydrogen) atoms. The van der Waals surface area contributed by atoms with E-state index >= 15 is 0 Å². The van der Waals surface area contributed by atoms with Gasteiger partial charge in [0, 0.05) is 6.04 Å². The molecule has 2 rings (SSSR count). The maximum Gasteiger partial charge on any atom is 0.161 e. The summed E-state index contributed by atoms with van der Waals surface area (Å²) in [5.41, 5.74) is 8.11. The summed E-state index contributed by atoms with van der Waals surface area (Å²) in [5, 5.41) is 0. The lowest BCUT2D eigenvalue weighted by molar-refractivity contribution is 0.183. The Balaban J connectivity index is 2.30. The first-order valence-electron chi connectivity index (χ1n) is 8.00. The number of rotatable bonds is 6. The molecule has 1 aromatic carbocycles. The molecule has 0 amide bonds. The van der Waals surface area contributed by atoms with Crippen LogP contribution in [-0.2, 0) is 0 Å². The van der Waals surface area contributed by atoms with Crippen LogP contribution in [0.4, 0.5) is 0 Å². The van der Waals surface area contributed by atoms with Crippen molar-refractivity contribution in [2.24, 2.45) is 17.1 Å². The van der Waals surface area contributed by atoms with E-state index in [2.05, 4.69) is 19.9 Å². The van der Waals surface area contributed by atoms with Gasteiger partial charge in [-0.3, -0.25) is 0 Å². The minimum absolute atomic E-state index is 0.0715. The normalized spacial score (nSPS) is 18.8. The second kappa shape index (κ2) is 6.69. The Kier molecular flexibility index (Phi) is 5.15. The van der Waals surface area contributed by atoms with Crippen LogP contribution >= 0.6 is 0 Å². The fourth-order valence-electron chi connectivity index (χ4n) is 3.93. The summed E-state index contributed by atoms with van der Waals surface area (Å²) in [4.78, 5) is 0. The highest BCUT2D eigenvalue weighted by Crippen LogP contribution is 2.51. The van der Waals surface area contributed by atoms with E-state index in [0.29, 0.717) is 5.92 Å². The maximum atomic E-state index is 6.70. The van der Waals surface area contributed by atoms with Crippen molar-refractivity contribution >= 4 is 0 Å². The Morgan fingerprint density at radius 2 is 1.71 bits per heavy atom. The van der Waals surface area contributed by atoms with Crippen molar-refractivity contribution in [2.45, 2.75) is 52.0 Å². The average Bonchev–Trinajstić information content (AvgIpc) is 2.94. The molecule has 0 radical (unpaired) electrons. The molecule has 3 nitrogen and oxygen atoms in total. The van der Waals surface area contributed by atoms with E-state index in [1.54, 1.807) is 14.2 Å². The van der Waals surface area contributed by atoms with Gasteiger partial charge in [-0.1, -0.05) is 32.8 Å². The van der Waals surface area contributed by atoms with E-state index < -0.39 is 0 Å². The first kappa shape index (κ1) is 16.2. The van der Waals surface area contributed by atoms with Crippen molar-refractivity contribution in [1.29, 1.82) is 0 Å². The molecule has 1 aromatic rings. The van der Waals surface area contributed by atoms with Crippen molar-refractivity contribution in [3.8, 4) is 11.5 Å². The molecule has 3 heteroatoms. The molecule has 1 atom stereocenters. The standard InChI is InChI=1S/C18H29NO2/c1-13(2)12-18(9-5-6-10-18)17(19)14-7-8-15(20-3)16(11-14)21-4/h7-8,11,13,17H,5-6,9-10,12,19H2,1-4H3. The minimum Gasteiger partial charge on any atom is -0.493 e. The van der Waals surface area contributed by atoms with Gasteiger partial charge in [0.15, 0.2) is 11.5 Å². The van der Waals surface area contributed by atoms with Crippen LogP contribution in [0.3, 0.4) is 0 Å². The number of methoxy groups -OCH3 is 2. The quantitative estimate of drug-likeness (QED) is 0.849. The maximum absolute atomic E-state index is 6.70. The molecule has 1 saturated carbocycles. The summed E-state index contributed by atoms with van der Waals surface area (Å²) in [7, 11) is 3.33. The topological polar surface area (TPSA) is 44.5 Å². The molecule has 0 heterocycles. The summed E-state index contributed by atoms with van der Waals surface area (Å²) in [6.45, 7) is 4.59. The highest BCUT2D eigenvalue weighted by atomic mass is 16.5. The zero-order valence-electron chi connectivity index (χ0n) is 13.8. The van der Waals surface area contributed by atoms with Crippen LogP contribution in [-0.4, -0.2) is 14.2 Å². The van der Waals surface area contributed by atoms with Gasteiger partial charge in [0.25, 0.3) is 0 Å². The predicted molar refractivity (Wildman–Crippen MR) is 86.8 cm³/mol. The lowest BCUT2D eigenvalue weighted by Crippen LogP contribution is -2.33. The van der Waals surface area contributed by atoms with Gasteiger partial charge in [0.1, 0.15) is 0 Å². The Morgan fingerprint density at radius 1 is 1.10 bits per heavy atom. The number of nitrogens with two attached hydrogens (primary N) is 1. The van der Waals surface area contributed by atoms with E-state index in [4.69, 9.17) is 15.2 Å². The van der Waals surface area contributed by atoms with Crippen LogP contribution in [0.15, 0.2) is 18.2 Å². The lowest BCUT2D eigenvalue weighted by Gasteiger charge is -2.37. The summed E-state index contributed by atoms with van der Waals surface area (Å²) >= 11 is 0. The van der Waals surface area contributed by atoms with Gasteiger partial charge in [0.05, 0.1) is 14.2 Å². The first-order chi connectivity index (χ1) is 10.0. The largest absolute Gasteiger partial charge is 0.493 e. The van der Waals surface area contributed by atoms with Crippen LogP contribution in [0.1, 0.15) is 57.6 Å². The number of hydrogen-bond donors (Lipinski definition) is 1. The van der Waals surface area contributed by atoms with Crippen molar-refractivity contribution in [2.75, 3.05) is 14.2 Å². The Hall–Kier alpha value is -1.22. The molecule has 0 saturated heterocycles. The fourth-order valence-corrected chi connectivity index (χ4v) is 3.93. The van der Waals surface area contributed by atoms with Crippen LogP contribution in [0.25, 0.3) is 0 Å². The molecule has 2 N–H and O–H groups in total. The Labute approximate surface area is 128 Å². The molecule has 1 aliphatic carbocycles. The van der Waals surface area contributed by atoms with E-state index in [1.807, 2.05) is 12.1 Å². The Bertz CT molecular complexity index is 464. The summed E-state index contributed by atoms with van der Waals surface area (Å²) < 4.78 is 10.7. The smallest absolute Gasteiger partial charge is 0.161 e. The monoisotopic (exact) mass is 291 g/mol. The van der Waals surface area contributed by atoms with Gasteiger partial charge in [-0.15, -0.1) is 0 Å². The first-order valence-corrected chi connectivity index (χ1v) is 8.00. The molecular formula is C18H29NO2. The molecule has 0 spiro atoms. The lowest BCUT2D eigenvalue weighted by atomic mass is 9.71. The SMILES string of the molecule is COc1ccc(C(N)C2(CC(C)C)CCCC2)cc1OC. The molecule has 1 unspecified atom stereocenters.